The summed E-state index contributed by atoms with van der Waals surface area (Å²) in [7, 11) is 0. The maximum atomic E-state index is 11.1. The zero-order chi connectivity index (χ0) is 12.6. The summed E-state index contributed by atoms with van der Waals surface area (Å²) in [5, 5.41) is 13.2. The molecule has 2 aromatic heterocycles. The summed E-state index contributed by atoms with van der Waals surface area (Å²) >= 11 is 11.9. The molecule has 2 aromatic rings. The van der Waals surface area contributed by atoms with Crippen molar-refractivity contribution in [3.63, 3.8) is 0 Å². The van der Waals surface area contributed by atoms with E-state index in [0.29, 0.717) is 5.56 Å². The fourth-order valence-corrected chi connectivity index (χ4v) is 1.98. The Morgan fingerprint density at radius 1 is 1.35 bits per heavy atom. The largest absolute Gasteiger partial charge is 0.477 e. The lowest BCUT2D eigenvalue weighted by Crippen LogP contribution is -2.00. The Hall–Kier alpha value is -1.59. The highest BCUT2D eigenvalue weighted by Gasteiger charge is 2.24. The van der Waals surface area contributed by atoms with Crippen LogP contribution in [0.2, 0.25) is 10.0 Å². The molecule has 0 atom stereocenters. The number of hydrogen-bond donors (Lipinski definition) is 1. The van der Waals surface area contributed by atoms with Gasteiger partial charge < -0.3 is 9.63 Å². The van der Waals surface area contributed by atoms with Crippen LogP contribution in [-0.4, -0.2) is 21.2 Å². The number of carbonyl (C=O) groups is 1. The molecule has 0 aromatic carbocycles. The molecule has 0 aliphatic heterocycles. The molecule has 0 aliphatic rings. The minimum absolute atomic E-state index is 0.0556. The first-order valence-electron chi connectivity index (χ1n) is 4.51. The smallest absolute Gasteiger partial charge is 0.341 e. The van der Waals surface area contributed by atoms with Gasteiger partial charge in [0, 0.05) is 18.0 Å². The van der Waals surface area contributed by atoms with E-state index in [2.05, 4.69) is 10.1 Å². The van der Waals surface area contributed by atoms with Gasteiger partial charge in [-0.15, -0.1) is 0 Å². The third-order valence-electron chi connectivity index (χ3n) is 2.17. The van der Waals surface area contributed by atoms with Crippen molar-refractivity contribution in [3.8, 4) is 11.3 Å². The second kappa shape index (κ2) is 4.35. The summed E-state index contributed by atoms with van der Waals surface area (Å²) in [4.78, 5) is 14.9. The normalized spacial score (nSPS) is 10.5. The summed E-state index contributed by atoms with van der Waals surface area (Å²) in [6.45, 7) is 1.50. The highest BCUT2D eigenvalue weighted by atomic mass is 35.5. The minimum atomic E-state index is -1.15. The molecule has 0 amide bonds. The molecule has 0 aliphatic carbocycles. The molecule has 5 nitrogen and oxygen atoms in total. The molecular weight excluding hydrogens is 267 g/mol. The summed E-state index contributed by atoms with van der Waals surface area (Å²) < 4.78 is 4.85. The fourth-order valence-electron chi connectivity index (χ4n) is 1.43. The van der Waals surface area contributed by atoms with Gasteiger partial charge in [0.15, 0.2) is 0 Å². The molecule has 0 spiro atoms. The van der Waals surface area contributed by atoms with Gasteiger partial charge in [0.2, 0.25) is 0 Å². The van der Waals surface area contributed by atoms with Crippen LogP contribution in [0.5, 0.6) is 0 Å². The van der Waals surface area contributed by atoms with Gasteiger partial charge in [-0.1, -0.05) is 28.4 Å². The standard InChI is InChI=1S/C10H6Cl2N2O3/c1-4-7(10(15)16)9(14-17-4)8-5(11)2-13-3-6(8)12/h2-3H,1H3,(H,15,16). The Morgan fingerprint density at radius 3 is 2.47 bits per heavy atom. The second-order valence-corrected chi connectivity index (χ2v) is 4.06. The van der Waals surface area contributed by atoms with Gasteiger partial charge in [0.1, 0.15) is 17.0 Å². The zero-order valence-electron chi connectivity index (χ0n) is 8.57. The maximum absolute atomic E-state index is 11.1. The Kier molecular flexibility index (Phi) is 3.04. The van der Waals surface area contributed by atoms with Gasteiger partial charge in [0.05, 0.1) is 10.0 Å². The van der Waals surface area contributed by atoms with E-state index in [4.69, 9.17) is 32.8 Å². The number of aryl methyl sites for hydroxylation is 1. The average molecular weight is 273 g/mol. The summed E-state index contributed by atoms with van der Waals surface area (Å²) in [6.07, 6.45) is 2.72. The Bertz CT molecular complexity index is 575. The highest BCUT2D eigenvalue weighted by molar-refractivity contribution is 6.39. The van der Waals surface area contributed by atoms with Gasteiger partial charge in [0.25, 0.3) is 0 Å². The van der Waals surface area contributed by atoms with Crippen molar-refractivity contribution in [2.45, 2.75) is 6.92 Å². The molecule has 2 rings (SSSR count). The lowest BCUT2D eigenvalue weighted by Gasteiger charge is -2.03. The van der Waals surface area contributed by atoms with Crippen molar-refractivity contribution in [1.82, 2.24) is 10.1 Å². The number of aromatic nitrogens is 2. The van der Waals surface area contributed by atoms with Crippen LogP contribution in [0.4, 0.5) is 0 Å². The van der Waals surface area contributed by atoms with Crippen LogP contribution in [0, 0.1) is 6.92 Å². The van der Waals surface area contributed by atoms with E-state index in [1.165, 1.54) is 19.3 Å². The number of pyridine rings is 1. The second-order valence-electron chi connectivity index (χ2n) is 3.25. The lowest BCUT2D eigenvalue weighted by molar-refractivity contribution is 0.0696. The molecule has 88 valence electrons. The summed E-state index contributed by atoms with van der Waals surface area (Å²) in [6, 6.07) is 0. The number of carboxylic acids is 1. The number of carboxylic acid groups (broad SMARTS) is 1. The van der Waals surface area contributed by atoms with Crippen molar-refractivity contribution >= 4 is 29.2 Å². The van der Waals surface area contributed by atoms with Gasteiger partial charge in [-0.05, 0) is 6.92 Å². The van der Waals surface area contributed by atoms with Crippen LogP contribution in [0.3, 0.4) is 0 Å². The quantitative estimate of drug-likeness (QED) is 0.909. The predicted molar refractivity (Wildman–Crippen MR) is 61.5 cm³/mol. The van der Waals surface area contributed by atoms with Crippen LogP contribution in [0.1, 0.15) is 16.1 Å². The van der Waals surface area contributed by atoms with Crippen LogP contribution in [0.15, 0.2) is 16.9 Å². The number of halogens is 2. The third kappa shape index (κ3) is 1.99. The predicted octanol–water partition coefficient (Wildman–Crippen LogP) is 3.05. The van der Waals surface area contributed by atoms with Gasteiger partial charge in [-0.25, -0.2) is 4.79 Å². The van der Waals surface area contributed by atoms with Crippen molar-refractivity contribution in [2.24, 2.45) is 0 Å². The van der Waals surface area contributed by atoms with Crippen molar-refractivity contribution < 1.29 is 14.4 Å². The van der Waals surface area contributed by atoms with Gasteiger partial charge in [-0.2, -0.15) is 0 Å². The molecule has 0 saturated carbocycles. The van der Waals surface area contributed by atoms with Crippen molar-refractivity contribution in [3.05, 3.63) is 33.8 Å². The number of rotatable bonds is 2. The summed E-state index contributed by atoms with van der Waals surface area (Å²) in [5.74, 6) is -0.959. The lowest BCUT2D eigenvalue weighted by atomic mass is 10.1. The Morgan fingerprint density at radius 2 is 1.94 bits per heavy atom. The Balaban J connectivity index is 2.73. The molecule has 7 heteroatoms. The number of aromatic carboxylic acids is 1. The monoisotopic (exact) mass is 272 g/mol. The van der Waals surface area contributed by atoms with Crippen LogP contribution >= 0.6 is 23.2 Å². The van der Waals surface area contributed by atoms with E-state index in [9.17, 15) is 4.79 Å². The zero-order valence-corrected chi connectivity index (χ0v) is 10.1. The van der Waals surface area contributed by atoms with Crippen molar-refractivity contribution in [1.29, 1.82) is 0 Å². The molecular formula is C10H6Cl2N2O3. The fraction of sp³-hybridized carbons (Fsp3) is 0.100. The third-order valence-corrected chi connectivity index (χ3v) is 2.74. The van der Waals surface area contributed by atoms with Crippen LogP contribution < -0.4 is 0 Å². The molecule has 0 fully saturated rings. The molecule has 1 N–H and O–H groups in total. The first kappa shape index (κ1) is 11.9. The maximum Gasteiger partial charge on any atom is 0.341 e. The average Bonchev–Trinajstić information content (AvgIpc) is 2.60. The van der Waals surface area contributed by atoms with Gasteiger partial charge in [-0.3, -0.25) is 4.98 Å². The minimum Gasteiger partial charge on any atom is -0.477 e. The van der Waals surface area contributed by atoms with E-state index in [0.717, 1.165) is 0 Å². The molecule has 0 saturated heterocycles. The van der Waals surface area contributed by atoms with Crippen molar-refractivity contribution in [2.75, 3.05) is 0 Å². The van der Waals surface area contributed by atoms with E-state index in [1.807, 2.05) is 0 Å². The SMILES string of the molecule is Cc1onc(-c2c(Cl)cncc2Cl)c1C(=O)O. The highest BCUT2D eigenvalue weighted by Crippen LogP contribution is 2.35. The first-order valence-corrected chi connectivity index (χ1v) is 5.27. The van der Waals surface area contributed by atoms with Crippen LogP contribution in [-0.2, 0) is 0 Å². The molecule has 17 heavy (non-hydrogen) atoms. The molecule has 0 radical (unpaired) electrons. The van der Waals surface area contributed by atoms with E-state index >= 15 is 0 Å². The van der Waals surface area contributed by atoms with E-state index in [1.54, 1.807) is 0 Å². The van der Waals surface area contributed by atoms with E-state index < -0.39 is 5.97 Å². The topological polar surface area (TPSA) is 76.2 Å². The molecule has 0 bridgehead atoms. The molecule has 2 heterocycles. The number of nitrogens with zero attached hydrogens (tertiary/aromatic N) is 2. The number of hydrogen-bond acceptors (Lipinski definition) is 4. The first-order chi connectivity index (χ1) is 8.02. The van der Waals surface area contributed by atoms with Crippen LogP contribution in [0.25, 0.3) is 11.3 Å². The Labute approximate surface area is 106 Å². The molecule has 0 unspecified atom stereocenters. The summed E-state index contributed by atoms with van der Waals surface area (Å²) in [5.41, 5.74) is 0.352. The van der Waals surface area contributed by atoms with Gasteiger partial charge >= 0.3 is 5.97 Å². The van der Waals surface area contributed by atoms with E-state index in [-0.39, 0.29) is 27.1 Å².